The van der Waals surface area contributed by atoms with E-state index in [1.54, 1.807) is 0 Å². The fourth-order valence-corrected chi connectivity index (χ4v) is 2.98. The van der Waals surface area contributed by atoms with Crippen molar-refractivity contribution in [2.75, 3.05) is 0 Å². The van der Waals surface area contributed by atoms with E-state index in [1.807, 2.05) is 60.7 Å². The number of hydrogen-bond acceptors (Lipinski definition) is 2. The normalized spacial score (nSPS) is 25.5. The van der Waals surface area contributed by atoms with E-state index in [1.165, 1.54) is 0 Å². The quantitative estimate of drug-likeness (QED) is 0.899. The minimum atomic E-state index is -0.780. The molecule has 3 heteroatoms. The van der Waals surface area contributed by atoms with Crippen LogP contribution in [-0.2, 0) is 4.79 Å². The molecule has 102 valence electrons. The number of nitrogens with one attached hydrogen (secondary N) is 1. The minimum absolute atomic E-state index is 0.0129. The molecule has 2 aromatic carbocycles. The molecular formula is C17H17NO2. The van der Waals surface area contributed by atoms with E-state index in [0.29, 0.717) is 0 Å². The highest BCUT2D eigenvalue weighted by atomic mass is 16.4. The van der Waals surface area contributed by atoms with Crippen molar-refractivity contribution in [1.29, 1.82) is 0 Å². The van der Waals surface area contributed by atoms with Crippen LogP contribution in [0.15, 0.2) is 60.7 Å². The number of carboxylic acids is 1. The van der Waals surface area contributed by atoms with Gasteiger partial charge in [0.05, 0.1) is 0 Å². The molecule has 2 aromatic rings. The number of hydrogen-bond donors (Lipinski definition) is 2. The molecule has 3 nitrogen and oxygen atoms in total. The van der Waals surface area contributed by atoms with E-state index < -0.39 is 12.0 Å². The summed E-state index contributed by atoms with van der Waals surface area (Å²) in [6.07, 6.45) is 0.811. The number of carboxylic acid groups (broad SMARTS) is 1. The highest BCUT2D eigenvalue weighted by molar-refractivity contribution is 5.75. The molecule has 0 saturated carbocycles. The average Bonchev–Trinajstić information content (AvgIpc) is 2.94. The molecule has 20 heavy (non-hydrogen) atoms. The van der Waals surface area contributed by atoms with E-state index in [-0.39, 0.29) is 12.0 Å². The summed E-state index contributed by atoms with van der Waals surface area (Å²) in [6.45, 7) is 0. The SMILES string of the molecule is O=C(O)C1NC(c2ccccc2)CC1c1ccccc1. The van der Waals surface area contributed by atoms with Gasteiger partial charge in [0.2, 0.25) is 0 Å². The molecule has 1 aliphatic rings. The van der Waals surface area contributed by atoms with Crippen molar-refractivity contribution < 1.29 is 9.90 Å². The Morgan fingerprint density at radius 3 is 2.05 bits per heavy atom. The van der Waals surface area contributed by atoms with Crippen LogP contribution < -0.4 is 5.32 Å². The van der Waals surface area contributed by atoms with Gasteiger partial charge in [-0.25, -0.2) is 0 Å². The second-order valence-electron chi connectivity index (χ2n) is 5.20. The molecule has 0 aliphatic carbocycles. The second-order valence-corrected chi connectivity index (χ2v) is 5.20. The maximum Gasteiger partial charge on any atom is 0.321 e. The van der Waals surface area contributed by atoms with Crippen LogP contribution >= 0.6 is 0 Å². The predicted octanol–water partition coefficient (Wildman–Crippen LogP) is 2.96. The summed E-state index contributed by atoms with van der Waals surface area (Å²) < 4.78 is 0. The lowest BCUT2D eigenvalue weighted by Crippen LogP contribution is -2.35. The van der Waals surface area contributed by atoms with Crippen molar-refractivity contribution in [3.8, 4) is 0 Å². The van der Waals surface area contributed by atoms with Gasteiger partial charge < -0.3 is 5.11 Å². The third-order valence-corrected chi connectivity index (χ3v) is 3.97. The van der Waals surface area contributed by atoms with Crippen LogP contribution in [0.5, 0.6) is 0 Å². The molecule has 1 aliphatic heterocycles. The van der Waals surface area contributed by atoms with Crippen LogP contribution in [-0.4, -0.2) is 17.1 Å². The molecule has 0 aromatic heterocycles. The van der Waals surface area contributed by atoms with Crippen molar-refractivity contribution in [1.82, 2.24) is 5.32 Å². The van der Waals surface area contributed by atoms with Gasteiger partial charge in [0.25, 0.3) is 0 Å². The highest BCUT2D eigenvalue weighted by Crippen LogP contribution is 2.37. The van der Waals surface area contributed by atoms with Crippen LogP contribution in [0.1, 0.15) is 29.5 Å². The van der Waals surface area contributed by atoms with Gasteiger partial charge in [-0.15, -0.1) is 0 Å². The summed E-state index contributed by atoms with van der Waals surface area (Å²) in [4.78, 5) is 11.5. The fraction of sp³-hybridized carbons (Fsp3) is 0.235. The van der Waals surface area contributed by atoms with E-state index in [4.69, 9.17) is 0 Å². The molecule has 1 saturated heterocycles. The van der Waals surface area contributed by atoms with Crippen molar-refractivity contribution in [2.45, 2.75) is 24.4 Å². The molecule has 3 atom stereocenters. The lowest BCUT2D eigenvalue weighted by Gasteiger charge is -2.15. The lowest BCUT2D eigenvalue weighted by atomic mass is 9.89. The molecule has 1 fully saturated rings. The van der Waals surface area contributed by atoms with Gasteiger partial charge in [-0.05, 0) is 17.5 Å². The summed E-state index contributed by atoms with van der Waals surface area (Å²) in [5.41, 5.74) is 2.24. The van der Waals surface area contributed by atoms with Crippen LogP contribution in [0, 0.1) is 0 Å². The Morgan fingerprint density at radius 2 is 1.50 bits per heavy atom. The maximum absolute atomic E-state index is 11.5. The summed E-state index contributed by atoms with van der Waals surface area (Å²) in [7, 11) is 0. The Labute approximate surface area is 118 Å². The van der Waals surface area contributed by atoms with Crippen LogP contribution in [0.4, 0.5) is 0 Å². The van der Waals surface area contributed by atoms with E-state index in [2.05, 4.69) is 5.32 Å². The number of benzene rings is 2. The third-order valence-electron chi connectivity index (χ3n) is 3.97. The lowest BCUT2D eigenvalue weighted by molar-refractivity contribution is -0.139. The van der Waals surface area contributed by atoms with Gasteiger partial charge in [0.15, 0.2) is 0 Å². The summed E-state index contributed by atoms with van der Waals surface area (Å²) in [5.74, 6) is -0.767. The first kappa shape index (κ1) is 12.9. The topological polar surface area (TPSA) is 49.3 Å². The van der Waals surface area contributed by atoms with Gasteiger partial charge >= 0.3 is 5.97 Å². The Bertz CT molecular complexity index is 582. The Kier molecular flexibility index (Phi) is 3.52. The molecule has 2 N–H and O–H groups in total. The maximum atomic E-state index is 11.5. The van der Waals surface area contributed by atoms with Crippen molar-refractivity contribution in [2.24, 2.45) is 0 Å². The first-order valence-electron chi connectivity index (χ1n) is 6.84. The van der Waals surface area contributed by atoms with Gasteiger partial charge in [0.1, 0.15) is 6.04 Å². The van der Waals surface area contributed by atoms with Gasteiger partial charge in [-0.3, -0.25) is 10.1 Å². The Morgan fingerprint density at radius 1 is 0.950 bits per heavy atom. The standard InChI is InChI=1S/C17H17NO2/c19-17(20)16-14(12-7-3-1-4-8-12)11-15(18-16)13-9-5-2-6-10-13/h1-10,14-16,18H,11H2,(H,19,20). The van der Waals surface area contributed by atoms with Crippen molar-refractivity contribution >= 4 is 5.97 Å². The fourth-order valence-electron chi connectivity index (χ4n) is 2.98. The third kappa shape index (κ3) is 2.45. The molecular weight excluding hydrogens is 250 g/mol. The zero-order valence-electron chi connectivity index (χ0n) is 11.1. The molecule has 3 rings (SSSR count). The molecule has 0 bridgehead atoms. The van der Waals surface area contributed by atoms with Crippen LogP contribution in [0.3, 0.4) is 0 Å². The molecule has 1 heterocycles. The van der Waals surface area contributed by atoms with Crippen molar-refractivity contribution in [3.63, 3.8) is 0 Å². The van der Waals surface area contributed by atoms with Gasteiger partial charge in [0, 0.05) is 12.0 Å². The first-order valence-corrected chi connectivity index (χ1v) is 6.84. The number of carbonyl (C=O) groups is 1. The average molecular weight is 267 g/mol. The van der Waals surface area contributed by atoms with Crippen molar-refractivity contribution in [3.05, 3.63) is 71.8 Å². The largest absolute Gasteiger partial charge is 0.480 e. The summed E-state index contributed by atoms with van der Waals surface area (Å²) in [5, 5.41) is 12.7. The molecule has 0 amide bonds. The molecule has 3 unspecified atom stereocenters. The Hall–Kier alpha value is -2.13. The summed E-state index contributed by atoms with van der Waals surface area (Å²) in [6, 6.07) is 19.5. The minimum Gasteiger partial charge on any atom is -0.480 e. The molecule has 0 radical (unpaired) electrons. The first-order chi connectivity index (χ1) is 9.75. The van der Waals surface area contributed by atoms with E-state index >= 15 is 0 Å². The monoisotopic (exact) mass is 267 g/mol. The van der Waals surface area contributed by atoms with E-state index in [0.717, 1.165) is 17.5 Å². The summed E-state index contributed by atoms with van der Waals surface area (Å²) >= 11 is 0. The molecule has 0 spiro atoms. The predicted molar refractivity (Wildman–Crippen MR) is 77.5 cm³/mol. The van der Waals surface area contributed by atoms with E-state index in [9.17, 15) is 9.90 Å². The van der Waals surface area contributed by atoms with Gasteiger partial charge in [-0.1, -0.05) is 60.7 Å². The smallest absolute Gasteiger partial charge is 0.321 e. The Balaban J connectivity index is 1.89. The zero-order chi connectivity index (χ0) is 13.9. The zero-order valence-corrected chi connectivity index (χ0v) is 11.1. The number of rotatable bonds is 3. The second kappa shape index (κ2) is 5.47. The highest BCUT2D eigenvalue weighted by Gasteiger charge is 2.39. The van der Waals surface area contributed by atoms with Crippen LogP contribution in [0.2, 0.25) is 0 Å². The van der Waals surface area contributed by atoms with Crippen LogP contribution in [0.25, 0.3) is 0 Å². The van der Waals surface area contributed by atoms with Gasteiger partial charge in [-0.2, -0.15) is 0 Å². The number of aliphatic carboxylic acids is 1.